The molecule has 1 aromatic rings. The Labute approximate surface area is 110 Å². The maximum absolute atomic E-state index is 13.5. The summed E-state index contributed by atoms with van der Waals surface area (Å²) < 4.78 is 13.5. The molecule has 0 aliphatic heterocycles. The van der Waals surface area contributed by atoms with Crippen molar-refractivity contribution >= 4 is 0 Å². The summed E-state index contributed by atoms with van der Waals surface area (Å²) in [4.78, 5) is 0. The third-order valence-corrected chi connectivity index (χ3v) is 4.04. The molecule has 1 N–H and O–H groups in total. The van der Waals surface area contributed by atoms with Crippen molar-refractivity contribution in [2.75, 3.05) is 6.54 Å². The van der Waals surface area contributed by atoms with E-state index in [9.17, 15) is 4.39 Å². The Kier molecular flexibility index (Phi) is 4.76. The van der Waals surface area contributed by atoms with Crippen LogP contribution in [0.4, 0.5) is 4.39 Å². The molecule has 18 heavy (non-hydrogen) atoms. The van der Waals surface area contributed by atoms with E-state index in [4.69, 9.17) is 0 Å². The van der Waals surface area contributed by atoms with E-state index >= 15 is 0 Å². The summed E-state index contributed by atoms with van der Waals surface area (Å²) in [7, 11) is 0. The van der Waals surface area contributed by atoms with Gasteiger partial charge in [-0.05, 0) is 56.2 Å². The first-order chi connectivity index (χ1) is 8.65. The fourth-order valence-corrected chi connectivity index (χ4v) is 2.94. The molecule has 2 heteroatoms. The van der Waals surface area contributed by atoms with Gasteiger partial charge in [0.25, 0.3) is 0 Å². The van der Waals surface area contributed by atoms with Crippen LogP contribution in [0.3, 0.4) is 0 Å². The normalized spacial score (nSPS) is 25.3. The van der Waals surface area contributed by atoms with Crippen LogP contribution >= 0.6 is 0 Å². The lowest BCUT2D eigenvalue weighted by molar-refractivity contribution is 0.430. The second-order valence-corrected chi connectivity index (χ2v) is 5.89. The minimum atomic E-state index is -0.0827. The van der Waals surface area contributed by atoms with Crippen molar-refractivity contribution in [3.8, 4) is 0 Å². The van der Waals surface area contributed by atoms with Gasteiger partial charge in [0.15, 0.2) is 0 Å². The minimum absolute atomic E-state index is 0.0827. The van der Waals surface area contributed by atoms with Gasteiger partial charge < -0.3 is 5.32 Å². The van der Waals surface area contributed by atoms with E-state index in [1.54, 1.807) is 12.1 Å². The quantitative estimate of drug-likeness (QED) is 0.837. The predicted molar refractivity (Wildman–Crippen MR) is 74.1 cm³/mol. The highest BCUT2D eigenvalue weighted by atomic mass is 19.1. The topological polar surface area (TPSA) is 12.0 Å². The lowest BCUT2D eigenvalue weighted by atomic mass is 10.0. The highest BCUT2D eigenvalue weighted by molar-refractivity contribution is 5.18. The van der Waals surface area contributed by atoms with Gasteiger partial charge in [0.1, 0.15) is 5.82 Å². The number of hydrogen-bond donors (Lipinski definition) is 1. The van der Waals surface area contributed by atoms with Gasteiger partial charge in [-0.2, -0.15) is 0 Å². The average molecular weight is 249 g/mol. The molecule has 0 bridgehead atoms. The number of hydrogen-bond acceptors (Lipinski definition) is 1. The molecule has 1 nitrogen and oxygen atoms in total. The molecule has 0 aromatic heterocycles. The third-order valence-electron chi connectivity index (χ3n) is 4.04. The van der Waals surface area contributed by atoms with Crippen molar-refractivity contribution in [1.82, 2.24) is 5.32 Å². The van der Waals surface area contributed by atoms with E-state index in [1.165, 1.54) is 19.3 Å². The standard InChI is InChI=1S/C16H24FN/c1-12-7-8-14(9-12)11-18-13(2)10-15-5-3-4-6-16(15)17/h3-6,12-14,18H,7-11H2,1-2H3. The molecule has 1 aliphatic rings. The van der Waals surface area contributed by atoms with E-state index in [0.717, 1.165) is 30.4 Å². The summed E-state index contributed by atoms with van der Waals surface area (Å²) in [6.07, 6.45) is 4.84. The maximum Gasteiger partial charge on any atom is 0.126 e. The van der Waals surface area contributed by atoms with E-state index in [0.29, 0.717) is 6.04 Å². The summed E-state index contributed by atoms with van der Waals surface area (Å²) in [5.41, 5.74) is 0.817. The number of rotatable bonds is 5. The molecule has 3 atom stereocenters. The van der Waals surface area contributed by atoms with Crippen LogP contribution in [-0.2, 0) is 6.42 Å². The van der Waals surface area contributed by atoms with Gasteiger partial charge in [0, 0.05) is 6.04 Å². The van der Waals surface area contributed by atoms with Gasteiger partial charge in [0.05, 0.1) is 0 Å². The molecule has 1 saturated carbocycles. The summed E-state index contributed by atoms with van der Waals surface area (Å²) in [5.74, 6) is 1.63. The molecule has 1 aromatic carbocycles. The predicted octanol–water partition coefficient (Wildman–Crippen LogP) is 3.78. The first kappa shape index (κ1) is 13.5. The third kappa shape index (κ3) is 3.81. The van der Waals surface area contributed by atoms with Crippen molar-refractivity contribution in [2.24, 2.45) is 11.8 Å². The lowest BCUT2D eigenvalue weighted by Crippen LogP contribution is -2.32. The number of benzene rings is 1. The van der Waals surface area contributed by atoms with Gasteiger partial charge >= 0.3 is 0 Å². The molecule has 0 saturated heterocycles. The van der Waals surface area contributed by atoms with Gasteiger partial charge in [-0.3, -0.25) is 0 Å². The molecule has 1 fully saturated rings. The lowest BCUT2D eigenvalue weighted by Gasteiger charge is -2.17. The minimum Gasteiger partial charge on any atom is -0.314 e. The van der Waals surface area contributed by atoms with Crippen LogP contribution in [0.5, 0.6) is 0 Å². The maximum atomic E-state index is 13.5. The Bertz CT molecular complexity index is 377. The summed E-state index contributed by atoms with van der Waals surface area (Å²) in [6, 6.07) is 7.42. The molecule has 0 radical (unpaired) electrons. The summed E-state index contributed by atoms with van der Waals surface area (Å²) in [6.45, 7) is 5.56. The molecule has 3 unspecified atom stereocenters. The SMILES string of the molecule is CC1CCC(CNC(C)Cc2ccccc2F)C1. The fraction of sp³-hybridized carbons (Fsp3) is 0.625. The zero-order valence-corrected chi connectivity index (χ0v) is 11.5. The number of halogens is 1. The van der Waals surface area contributed by atoms with Crippen molar-refractivity contribution in [1.29, 1.82) is 0 Å². The molecular weight excluding hydrogens is 225 g/mol. The summed E-state index contributed by atoms with van der Waals surface area (Å²) >= 11 is 0. The smallest absolute Gasteiger partial charge is 0.126 e. The summed E-state index contributed by atoms with van der Waals surface area (Å²) in [5, 5.41) is 3.55. The first-order valence-corrected chi connectivity index (χ1v) is 7.12. The Hall–Kier alpha value is -0.890. The van der Waals surface area contributed by atoms with E-state index in [1.807, 2.05) is 12.1 Å². The second kappa shape index (κ2) is 6.33. The van der Waals surface area contributed by atoms with Crippen LogP contribution in [0.15, 0.2) is 24.3 Å². The highest BCUT2D eigenvalue weighted by Gasteiger charge is 2.21. The van der Waals surface area contributed by atoms with E-state index < -0.39 is 0 Å². The van der Waals surface area contributed by atoms with Crippen molar-refractivity contribution in [3.63, 3.8) is 0 Å². The number of nitrogens with one attached hydrogen (secondary N) is 1. The van der Waals surface area contributed by atoms with E-state index in [2.05, 4.69) is 19.2 Å². The van der Waals surface area contributed by atoms with E-state index in [-0.39, 0.29) is 5.82 Å². The Morgan fingerprint density at radius 1 is 1.33 bits per heavy atom. The van der Waals surface area contributed by atoms with Crippen molar-refractivity contribution in [2.45, 2.75) is 45.6 Å². The van der Waals surface area contributed by atoms with Crippen LogP contribution < -0.4 is 5.32 Å². The van der Waals surface area contributed by atoms with Crippen LogP contribution in [0, 0.1) is 17.7 Å². The van der Waals surface area contributed by atoms with Gasteiger partial charge in [-0.1, -0.05) is 31.5 Å². The van der Waals surface area contributed by atoms with Gasteiger partial charge in [0.2, 0.25) is 0 Å². The fourth-order valence-electron chi connectivity index (χ4n) is 2.94. The second-order valence-electron chi connectivity index (χ2n) is 5.89. The highest BCUT2D eigenvalue weighted by Crippen LogP contribution is 2.29. The van der Waals surface area contributed by atoms with Gasteiger partial charge in [-0.25, -0.2) is 4.39 Å². The molecule has 1 aliphatic carbocycles. The zero-order chi connectivity index (χ0) is 13.0. The van der Waals surface area contributed by atoms with Crippen LogP contribution in [0.2, 0.25) is 0 Å². The van der Waals surface area contributed by atoms with Crippen LogP contribution in [0.1, 0.15) is 38.7 Å². The largest absolute Gasteiger partial charge is 0.314 e. The Morgan fingerprint density at radius 3 is 2.78 bits per heavy atom. The first-order valence-electron chi connectivity index (χ1n) is 7.12. The molecule has 0 spiro atoms. The average Bonchev–Trinajstić information content (AvgIpc) is 2.76. The molecule has 100 valence electrons. The van der Waals surface area contributed by atoms with Crippen molar-refractivity contribution in [3.05, 3.63) is 35.6 Å². The Morgan fingerprint density at radius 2 is 2.11 bits per heavy atom. The Balaban J connectivity index is 1.75. The van der Waals surface area contributed by atoms with Gasteiger partial charge in [-0.15, -0.1) is 0 Å². The van der Waals surface area contributed by atoms with Crippen LogP contribution in [-0.4, -0.2) is 12.6 Å². The zero-order valence-electron chi connectivity index (χ0n) is 11.5. The molecule has 2 rings (SSSR count). The van der Waals surface area contributed by atoms with Crippen LogP contribution in [0.25, 0.3) is 0 Å². The molecule has 0 amide bonds. The molecule has 0 heterocycles. The monoisotopic (exact) mass is 249 g/mol. The van der Waals surface area contributed by atoms with Crippen molar-refractivity contribution < 1.29 is 4.39 Å². The molecular formula is C16H24FN.